The molecule has 0 fully saturated rings. The van der Waals surface area contributed by atoms with Gasteiger partial charge in [-0.15, -0.1) is 0 Å². The number of methoxy groups -OCH3 is 1. The number of nitrogens with zero attached hydrogens (tertiary/aromatic N) is 3. The monoisotopic (exact) mass is 364 g/mol. The molecule has 4 rings (SSSR count). The molecule has 27 heavy (non-hydrogen) atoms. The molecule has 4 aromatic rings. The maximum atomic E-state index is 12.6. The Labute approximate surface area is 155 Å². The summed E-state index contributed by atoms with van der Waals surface area (Å²) in [6.07, 6.45) is 1.17. The van der Waals surface area contributed by atoms with Crippen molar-refractivity contribution in [2.45, 2.75) is 26.7 Å². The molecule has 0 aliphatic carbocycles. The van der Waals surface area contributed by atoms with Crippen LogP contribution in [0.2, 0.25) is 0 Å². The van der Waals surface area contributed by atoms with E-state index in [4.69, 9.17) is 9.26 Å². The van der Waals surface area contributed by atoms with Gasteiger partial charge in [-0.25, -0.2) is 9.50 Å². The smallest absolute Gasteiger partial charge is 0.272 e. The lowest BCUT2D eigenvalue weighted by atomic mass is 10.1. The SMILES string of the molecule is COc1cc(CCc2cc(=O)n3[nH]c(-c4cccc(C)c4)c(C)c3n2)on1. The molecular formula is C20H20N4O3. The minimum absolute atomic E-state index is 0.132. The molecule has 0 amide bonds. The fourth-order valence-electron chi connectivity index (χ4n) is 3.17. The van der Waals surface area contributed by atoms with Gasteiger partial charge in [-0.05, 0) is 31.5 Å². The second-order valence-corrected chi connectivity index (χ2v) is 6.56. The minimum Gasteiger partial charge on any atom is -0.479 e. The Kier molecular flexibility index (Phi) is 4.27. The standard InChI is InChI=1S/C20H20N4O3/c1-12-5-4-6-14(9-12)19-13(2)20-21-15(10-18(25)24(20)22-19)7-8-16-11-17(26-3)23-27-16/h4-6,9-11,22H,7-8H2,1-3H3. The van der Waals surface area contributed by atoms with Crippen LogP contribution in [0.3, 0.4) is 0 Å². The third-order valence-corrected chi connectivity index (χ3v) is 4.59. The van der Waals surface area contributed by atoms with Crippen molar-refractivity contribution in [3.8, 4) is 17.1 Å². The first-order chi connectivity index (χ1) is 13.0. The number of aryl methyl sites for hydroxylation is 4. The van der Waals surface area contributed by atoms with Crippen LogP contribution in [0.15, 0.2) is 45.7 Å². The molecule has 7 heteroatoms. The topological polar surface area (TPSA) is 85.4 Å². The number of H-pyrrole nitrogens is 1. The van der Waals surface area contributed by atoms with Crippen LogP contribution in [0.25, 0.3) is 16.9 Å². The number of ether oxygens (including phenoxy) is 1. The minimum atomic E-state index is -0.132. The first-order valence-corrected chi connectivity index (χ1v) is 8.73. The number of aromatic amines is 1. The largest absolute Gasteiger partial charge is 0.479 e. The van der Waals surface area contributed by atoms with Crippen LogP contribution in [-0.4, -0.2) is 26.9 Å². The van der Waals surface area contributed by atoms with Crippen LogP contribution in [0, 0.1) is 13.8 Å². The third-order valence-electron chi connectivity index (χ3n) is 4.59. The highest BCUT2D eigenvalue weighted by Gasteiger charge is 2.14. The van der Waals surface area contributed by atoms with Crippen LogP contribution in [-0.2, 0) is 12.8 Å². The number of benzene rings is 1. The molecule has 1 aromatic carbocycles. The Bertz CT molecular complexity index is 1170. The lowest BCUT2D eigenvalue weighted by molar-refractivity contribution is 0.326. The second kappa shape index (κ2) is 6.75. The molecule has 3 heterocycles. The molecule has 0 saturated heterocycles. The van der Waals surface area contributed by atoms with Crippen molar-refractivity contribution in [1.82, 2.24) is 19.8 Å². The van der Waals surface area contributed by atoms with E-state index in [0.717, 1.165) is 22.4 Å². The first kappa shape index (κ1) is 17.1. The Morgan fingerprint density at radius 1 is 1.19 bits per heavy atom. The van der Waals surface area contributed by atoms with Gasteiger partial charge in [0.1, 0.15) is 5.76 Å². The van der Waals surface area contributed by atoms with Crippen LogP contribution in [0.1, 0.15) is 22.6 Å². The summed E-state index contributed by atoms with van der Waals surface area (Å²) in [7, 11) is 1.54. The maximum absolute atomic E-state index is 12.6. The van der Waals surface area contributed by atoms with Gasteiger partial charge < -0.3 is 9.26 Å². The van der Waals surface area contributed by atoms with Gasteiger partial charge in [-0.1, -0.05) is 23.8 Å². The summed E-state index contributed by atoms with van der Waals surface area (Å²) in [6.45, 7) is 4.02. The second-order valence-electron chi connectivity index (χ2n) is 6.56. The number of hydrogen-bond donors (Lipinski definition) is 1. The lowest BCUT2D eigenvalue weighted by Crippen LogP contribution is -2.16. The summed E-state index contributed by atoms with van der Waals surface area (Å²) in [5.41, 5.74) is 5.27. The van der Waals surface area contributed by atoms with Gasteiger partial charge in [0.2, 0.25) is 0 Å². The first-order valence-electron chi connectivity index (χ1n) is 8.73. The van der Waals surface area contributed by atoms with Gasteiger partial charge in [0, 0.05) is 35.4 Å². The van der Waals surface area contributed by atoms with Crippen molar-refractivity contribution in [2.75, 3.05) is 7.11 Å². The van der Waals surface area contributed by atoms with Gasteiger partial charge in [-0.3, -0.25) is 9.89 Å². The van der Waals surface area contributed by atoms with Gasteiger partial charge >= 0.3 is 0 Å². The van der Waals surface area contributed by atoms with Gasteiger partial charge in [0.25, 0.3) is 11.4 Å². The normalized spacial score (nSPS) is 11.2. The average Bonchev–Trinajstić information content (AvgIpc) is 3.25. The molecule has 138 valence electrons. The van der Waals surface area contributed by atoms with Gasteiger partial charge in [0.05, 0.1) is 12.8 Å². The highest BCUT2D eigenvalue weighted by Crippen LogP contribution is 2.24. The van der Waals surface area contributed by atoms with E-state index in [1.54, 1.807) is 19.2 Å². The van der Waals surface area contributed by atoms with E-state index in [-0.39, 0.29) is 5.56 Å². The average molecular weight is 364 g/mol. The predicted molar refractivity (Wildman–Crippen MR) is 101 cm³/mol. The van der Waals surface area contributed by atoms with Crippen LogP contribution in [0.4, 0.5) is 0 Å². The van der Waals surface area contributed by atoms with E-state index in [9.17, 15) is 4.79 Å². The number of fused-ring (bicyclic) bond motifs is 1. The fraction of sp³-hybridized carbons (Fsp3) is 0.250. The van der Waals surface area contributed by atoms with Crippen molar-refractivity contribution in [3.05, 3.63) is 69.3 Å². The van der Waals surface area contributed by atoms with E-state index in [1.165, 1.54) is 4.52 Å². The van der Waals surface area contributed by atoms with Crippen molar-refractivity contribution >= 4 is 5.65 Å². The zero-order valence-corrected chi connectivity index (χ0v) is 15.4. The number of nitrogens with one attached hydrogen (secondary N) is 1. The van der Waals surface area contributed by atoms with E-state index in [1.807, 2.05) is 32.0 Å². The van der Waals surface area contributed by atoms with Crippen molar-refractivity contribution in [2.24, 2.45) is 0 Å². The summed E-state index contributed by atoms with van der Waals surface area (Å²) in [5, 5.41) is 6.97. The molecular weight excluding hydrogens is 344 g/mol. The summed E-state index contributed by atoms with van der Waals surface area (Å²) in [4.78, 5) is 17.2. The summed E-state index contributed by atoms with van der Waals surface area (Å²) >= 11 is 0. The van der Waals surface area contributed by atoms with Crippen LogP contribution >= 0.6 is 0 Å². The molecule has 7 nitrogen and oxygen atoms in total. The molecule has 3 aromatic heterocycles. The highest BCUT2D eigenvalue weighted by atomic mass is 16.5. The highest BCUT2D eigenvalue weighted by molar-refractivity contribution is 5.70. The summed E-state index contributed by atoms with van der Waals surface area (Å²) in [6, 6.07) is 11.4. The van der Waals surface area contributed by atoms with Gasteiger partial charge in [0.15, 0.2) is 5.65 Å². The predicted octanol–water partition coefficient (Wildman–Crippen LogP) is 3.09. The molecule has 0 saturated carbocycles. The molecule has 0 atom stereocenters. The Hall–Kier alpha value is -3.35. The van der Waals surface area contributed by atoms with Crippen LogP contribution < -0.4 is 10.3 Å². The zero-order chi connectivity index (χ0) is 19.0. The van der Waals surface area contributed by atoms with E-state index >= 15 is 0 Å². The Balaban J connectivity index is 1.68. The van der Waals surface area contributed by atoms with Crippen molar-refractivity contribution < 1.29 is 9.26 Å². The van der Waals surface area contributed by atoms with Crippen LogP contribution in [0.5, 0.6) is 5.88 Å². The number of aromatic nitrogens is 4. The molecule has 1 N–H and O–H groups in total. The third kappa shape index (κ3) is 3.23. The Morgan fingerprint density at radius 3 is 2.78 bits per heavy atom. The molecule has 0 unspecified atom stereocenters. The quantitative estimate of drug-likeness (QED) is 0.588. The van der Waals surface area contributed by atoms with E-state index in [0.29, 0.717) is 35.8 Å². The summed E-state index contributed by atoms with van der Waals surface area (Å²) in [5.74, 6) is 1.14. The lowest BCUT2D eigenvalue weighted by Gasteiger charge is -2.00. The van der Waals surface area contributed by atoms with E-state index < -0.39 is 0 Å². The maximum Gasteiger partial charge on any atom is 0.272 e. The van der Waals surface area contributed by atoms with Crippen molar-refractivity contribution in [1.29, 1.82) is 0 Å². The zero-order valence-electron chi connectivity index (χ0n) is 15.4. The molecule has 0 spiro atoms. The fourth-order valence-corrected chi connectivity index (χ4v) is 3.17. The molecule has 0 aliphatic rings. The summed E-state index contributed by atoms with van der Waals surface area (Å²) < 4.78 is 11.7. The number of hydrogen-bond acceptors (Lipinski definition) is 5. The Morgan fingerprint density at radius 2 is 2.04 bits per heavy atom. The van der Waals surface area contributed by atoms with E-state index in [2.05, 4.69) is 21.3 Å². The molecule has 0 bridgehead atoms. The number of rotatable bonds is 5. The molecule has 0 radical (unpaired) electrons. The van der Waals surface area contributed by atoms with Crippen molar-refractivity contribution in [3.63, 3.8) is 0 Å². The van der Waals surface area contributed by atoms with Gasteiger partial charge in [-0.2, -0.15) is 0 Å². The molecule has 0 aliphatic heterocycles.